The summed E-state index contributed by atoms with van der Waals surface area (Å²) in [5, 5.41) is 17.5. The molecule has 0 bridgehead atoms. The van der Waals surface area contributed by atoms with Crippen LogP contribution in [0.3, 0.4) is 0 Å². The van der Waals surface area contributed by atoms with Gasteiger partial charge in [-0.25, -0.2) is 9.78 Å². The van der Waals surface area contributed by atoms with Crippen LogP contribution >= 0.6 is 0 Å². The summed E-state index contributed by atoms with van der Waals surface area (Å²) in [7, 11) is 0. The maximum absolute atomic E-state index is 14.0. The molecule has 0 aliphatic heterocycles. The Balaban J connectivity index is 1.71. The zero-order valence-corrected chi connectivity index (χ0v) is 24.0. The summed E-state index contributed by atoms with van der Waals surface area (Å²) in [4.78, 5) is 37.2. The lowest BCUT2D eigenvalue weighted by molar-refractivity contribution is 0.167. The quantitative estimate of drug-likeness (QED) is 0.195. The molecule has 2 N–H and O–H groups in total. The van der Waals surface area contributed by atoms with Crippen molar-refractivity contribution in [2.75, 3.05) is 13.1 Å². The molecular formula is C31H37N7O4. The molecule has 0 saturated heterocycles. The van der Waals surface area contributed by atoms with Gasteiger partial charge in [0, 0.05) is 32.7 Å². The number of imidazole rings is 1. The molecule has 5 aromatic rings. The normalized spacial score (nSPS) is 13.0. The van der Waals surface area contributed by atoms with Gasteiger partial charge in [-0.3, -0.25) is 13.9 Å². The largest absolute Gasteiger partial charge is 0.392 e. The van der Waals surface area contributed by atoms with Crippen LogP contribution in [-0.2, 0) is 26.1 Å². The standard InChI is InChI=1S/C31H37N7O4/c1-3-17-38-30(40)26-29(37(31(38)41)18-15-22-11-7-5-8-12-22)34-28(36(26)19-16-32-20-24(39)4-2)25(27-33-21-42-35-27)23-13-9-6-10-14-23/h5-14,21,24-25,32,39H,3-4,15-20H2,1-2H3. The van der Waals surface area contributed by atoms with Gasteiger partial charge in [0.05, 0.1) is 6.10 Å². The van der Waals surface area contributed by atoms with Gasteiger partial charge in [-0.15, -0.1) is 0 Å². The number of fused-ring (bicyclic) bond motifs is 1. The maximum atomic E-state index is 14.0. The minimum absolute atomic E-state index is 0.299. The monoisotopic (exact) mass is 571 g/mol. The number of benzene rings is 2. The summed E-state index contributed by atoms with van der Waals surface area (Å²) in [6.07, 6.45) is 2.68. The first-order chi connectivity index (χ1) is 20.5. The molecule has 2 atom stereocenters. The Bertz CT molecular complexity index is 1690. The summed E-state index contributed by atoms with van der Waals surface area (Å²) in [6, 6.07) is 19.6. The van der Waals surface area contributed by atoms with Crippen LogP contribution in [0.25, 0.3) is 11.2 Å². The first-order valence-electron chi connectivity index (χ1n) is 14.5. The van der Waals surface area contributed by atoms with Crippen molar-refractivity contribution in [1.29, 1.82) is 0 Å². The molecule has 11 nitrogen and oxygen atoms in total. The smallest absolute Gasteiger partial charge is 0.332 e. The van der Waals surface area contributed by atoms with Crippen molar-refractivity contribution in [1.82, 2.24) is 34.1 Å². The van der Waals surface area contributed by atoms with Crippen LogP contribution in [0.1, 0.15) is 55.4 Å². The van der Waals surface area contributed by atoms with E-state index in [1.807, 2.05) is 79.1 Å². The molecule has 2 unspecified atom stereocenters. The van der Waals surface area contributed by atoms with E-state index < -0.39 is 12.0 Å². The lowest BCUT2D eigenvalue weighted by Gasteiger charge is -2.17. The average molecular weight is 572 g/mol. The van der Waals surface area contributed by atoms with Crippen molar-refractivity contribution in [3.63, 3.8) is 0 Å². The van der Waals surface area contributed by atoms with Crippen molar-refractivity contribution < 1.29 is 9.63 Å². The Kier molecular flexibility index (Phi) is 9.40. The van der Waals surface area contributed by atoms with Gasteiger partial charge in [0.2, 0.25) is 6.39 Å². The van der Waals surface area contributed by atoms with Crippen molar-refractivity contribution in [3.8, 4) is 0 Å². The number of aliphatic hydroxyl groups excluding tert-OH is 1. The number of hydrogen-bond donors (Lipinski definition) is 2. The molecule has 0 aliphatic rings. The SMILES string of the molecule is CCCn1c(=O)c2c(nc(C(c3ccccc3)c3ncon3)n2CCNCC(O)CC)n(CCc2ccccc2)c1=O. The number of aliphatic hydroxyl groups is 1. The van der Waals surface area contributed by atoms with E-state index in [9.17, 15) is 14.7 Å². The van der Waals surface area contributed by atoms with Gasteiger partial charge in [-0.1, -0.05) is 79.7 Å². The lowest BCUT2D eigenvalue weighted by Crippen LogP contribution is -2.41. The summed E-state index contributed by atoms with van der Waals surface area (Å²) in [5.74, 6) is 0.393. The van der Waals surface area contributed by atoms with Crippen LogP contribution in [0, 0.1) is 0 Å². The number of hydrogen-bond acceptors (Lipinski definition) is 8. The molecule has 0 aliphatic carbocycles. The highest BCUT2D eigenvalue weighted by Gasteiger charge is 2.30. The van der Waals surface area contributed by atoms with Crippen molar-refractivity contribution in [3.05, 3.63) is 111 Å². The van der Waals surface area contributed by atoms with E-state index in [1.54, 1.807) is 4.57 Å². The molecule has 0 amide bonds. The molecule has 0 spiro atoms. The molecule has 11 heteroatoms. The Hall–Kier alpha value is -4.35. The molecule has 5 rings (SSSR count). The summed E-state index contributed by atoms with van der Waals surface area (Å²) in [6.45, 7) is 5.80. The van der Waals surface area contributed by atoms with Crippen LogP contribution in [0.5, 0.6) is 0 Å². The van der Waals surface area contributed by atoms with E-state index in [0.717, 1.165) is 11.1 Å². The zero-order chi connectivity index (χ0) is 29.5. The molecule has 0 saturated carbocycles. The fraction of sp³-hybridized carbons (Fsp3) is 0.387. The molecule has 0 fully saturated rings. The van der Waals surface area contributed by atoms with Crippen LogP contribution in [0.2, 0.25) is 0 Å². The number of aromatic nitrogens is 6. The van der Waals surface area contributed by atoms with Crippen molar-refractivity contribution in [2.24, 2.45) is 0 Å². The Labute approximate surface area is 243 Å². The summed E-state index contributed by atoms with van der Waals surface area (Å²) in [5.41, 5.74) is 1.89. The van der Waals surface area contributed by atoms with Gasteiger partial charge in [0.1, 0.15) is 11.7 Å². The van der Waals surface area contributed by atoms with Gasteiger partial charge < -0.3 is 19.5 Å². The highest BCUT2D eigenvalue weighted by atomic mass is 16.5. The fourth-order valence-electron chi connectivity index (χ4n) is 5.23. The summed E-state index contributed by atoms with van der Waals surface area (Å²) < 4.78 is 9.94. The topological polar surface area (TPSA) is 133 Å². The predicted molar refractivity (Wildman–Crippen MR) is 160 cm³/mol. The average Bonchev–Trinajstić information content (AvgIpc) is 3.68. The molecule has 0 radical (unpaired) electrons. The molecule has 3 aromatic heterocycles. The first-order valence-corrected chi connectivity index (χ1v) is 14.5. The second-order valence-electron chi connectivity index (χ2n) is 10.3. The maximum Gasteiger partial charge on any atom is 0.332 e. The number of aryl methyl sites for hydroxylation is 2. The van der Waals surface area contributed by atoms with E-state index >= 15 is 0 Å². The molecule has 220 valence electrons. The highest BCUT2D eigenvalue weighted by Crippen LogP contribution is 2.31. The van der Waals surface area contributed by atoms with Gasteiger partial charge in [-0.05, 0) is 30.4 Å². The van der Waals surface area contributed by atoms with Gasteiger partial charge in [0.25, 0.3) is 5.56 Å². The second-order valence-corrected chi connectivity index (χ2v) is 10.3. The van der Waals surface area contributed by atoms with Crippen LogP contribution in [0.15, 0.2) is 81.2 Å². The van der Waals surface area contributed by atoms with E-state index in [-0.39, 0.29) is 11.2 Å². The highest BCUT2D eigenvalue weighted by molar-refractivity contribution is 5.72. The molecule has 42 heavy (non-hydrogen) atoms. The predicted octanol–water partition coefficient (Wildman–Crippen LogP) is 2.94. The lowest BCUT2D eigenvalue weighted by atomic mass is 9.97. The van der Waals surface area contributed by atoms with Crippen LogP contribution in [0.4, 0.5) is 0 Å². The Morgan fingerprint density at radius 1 is 0.929 bits per heavy atom. The third-order valence-electron chi connectivity index (χ3n) is 7.45. The minimum Gasteiger partial charge on any atom is -0.392 e. The second kappa shape index (κ2) is 13.5. The van der Waals surface area contributed by atoms with Crippen molar-refractivity contribution in [2.45, 2.75) is 64.8 Å². The molecular weight excluding hydrogens is 534 g/mol. The summed E-state index contributed by atoms with van der Waals surface area (Å²) >= 11 is 0. The Morgan fingerprint density at radius 3 is 2.33 bits per heavy atom. The van der Waals surface area contributed by atoms with Gasteiger partial charge in [0.15, 0.2) is 17.0 Å². The van der Waals surface area contributed by atoms with Gasteiger partial charge in [-0.2, -0.15) is 4.98 Å². The number of nitrogens with zero attached hydrogens (tertiary/aromatic N) is 6. The van der Waals surface area contributed by atoms with Gasteiger partial charge >= 0.3 is 5.69 Å². The van der Waals surface area contributed by atoms with E-state index in [1.165, 1.54) is 11.0 Å². The van der Waals surface area contributed by atoms with Crippen molar-refractivity contribution >= 4 is 11.2 Å². The van der Waals surface area contributed by atoms with E-state index in [2.05, 4.69) is 15.5 Å². The zero-order valence-electron chi connectivity index (χ0n) is 24.0. The third kappa shape index (κ3) is 6.12. The minimum atomic E-state index is -0.546. The van der Waals surface area contributed by atoms with Crippen LogP contribution in [-0.4, -0.2) is 53.1 Å². The fourth-order valence-corrected chi connectivity index (χ4v) is 5.23. The third-order valence-corrected chi connectivity index (χ3v) is 7.45. The van der Waals surface area contributed by atoms with E-state index in [4.69, 9.17) is 9.51 Å². The molecule has 2 aromatic carbocycles. The first kappa shape index (κ1) is 29.2. The Morgan fingerprint density at radius 2 is 1.67 bits per heavy atom. The molecule has 3 heterocycles. The van der Waals surface area contributed by atoms with E-state index in [0.29, 0.717) is 74.8 Å². The number of nitrogens with one attached hydrogen (secondary N) is 1. The number of rotatable bonds is 14. The van der Waals surface area contributed by atoms with Crippen LogP contribution < -0.4 is 16.6 Å².